The highest BCUT2D eigenvalue weighted by molar-refractivity contribution is 5.79. The van der Waals surface area contributed by atoms with E-state index in [0.29, 0.717) is 6.54 Å². The molecule has 1 aromatic rings. The number of nitrogens with zero attached hydrogens (tertiary/aromatic N) is 3. The van der Waals surface area contributed by atoms with E-state index in [1.165, 1.54) is 0 Å². The van der Waals surface area contributed by atoms with Gasteiger partial charge >= 0.3 is 0 Å². The maximum atomic E-state index is 4.19. The zero-order valence-corrected chi connectivity index (χ0v) is 10.0. The third-order valence-electron chi connectivity index (χ3n) is 1.86. The van der Waals surface area contributed by atoms with Gasteiger partial charge in [0.2, 0.25) is 0 Å². The number of pyridine rings is 1. The van der Waals surface area contributed by atoms with Crippen molar-refractivity contribution in [3.63, 3.8) is 0 Å². The van der Waals surface area contributed by atoms with Gasteiger partial charge in [0.15, 0.2) is 0 Å². The Kier molecular flexibility index (Phi) is 5.05. The molecular formula is C12H18N4. The van der Waals surface area contributed by atoms with Gasteiger partial charge in [-0.25, -0.2) is 4.98 Å². The predicted molar refractivity (Wildman–Crippen MR) is 68.9 cm³/mol. The molecule has 0 unspecified atom stereocenters. The first-order chi connectivity index (χ1) is 7.72. The summed E-state index contributed by atoms with van der Waals surface area (Å²) < 4.78 is 0. The van der Waals surface area contributed by atoms with E-state index in [1.54, 1.807) is 13.2 Å². The van der Waals surface area contributed by atoms with Gasteiger partial charge in [0.25, 0.3) is 0 Å². The lowest BCUT2D eigenvalue weighted by molar-refractivity contribution is 0.560. The van der Waals surface area contributed by atoms with Gasteiger partial charge in [-0.15, -0.1) is 0 Å². The molecule has 0 saturated carbocycles. The number of aromatic nitrogens is 1. The molecule has 1 N–H and O–H groups in total. The fraction of sp³-hybridized carbons (Fsp3) is 0.333. The first-order valence-electron chi connectivity index (χ1n) is 5.16. The van der Waals surface area contributed by atoms with Crippen molar-refractivity contribution >= 4 is 12.0 Å². The second-order valence-corrected chi connectivity index (χ2v) is 3.62. The molecule has 4 heteroatoms. The number of hydrogen-bond donors (Lipinski definition) is 1. The van der Waals surface area contributed by atoms with Crippen LogP contribution in [0.3, 0.4) is 0 Å². The molecule has 4 nitrogen and oxygen atoms in total. The van der Waals surface area contributed by atoms with Crippen molar-refractivity contribution in [1.82, 2.24) is 9.88 Å². The Balaban J connectivity index is 2.57. The van der Waals surface area contributed by atoms with Gasteiger partial charge < -0.3 is 10.2 Å². The molecule has 16 heavy (non-hydrogen) atoms. The summed E-state index contributed by atoms with van der Waals surface area (Å²) in [5.41, 5.74) is 1.11. The molecule has 0 aliphatic heterocycles. The molecule has 0 aliphatic rings. The summed E-state index contributed by atoms with van der Waals surface area (Å²) in [5.74, 6) is 0.872. The number of nitrogens with one attached hydrogen (secondary N) is 1. The Morgan fingerprint density at radius 2 is 2.31 bits per heavy atom. The normalized spacial score (nSPS) is 11.8. The Hall–Kier alpha value is -1.84. The Bertz CT molecular complexity index is 355. The van der Waals surface area contributed by atoms with Gasteiger partial charge in [-0.05, 0) is 12.1 Å². The van der Waals surface area contributed by atoms with Crippen LogP contribution in [0.25, 0.3) is 0 Å². The van der Waals surface area contributed by atoms with E-state index in [0.717, 1.165) is 11.4 Å². The second-order valence-electron chi connectivity index (χ2n) is 3.62. The van der Waals surface area contributed by atoms with Crippen molar-refractivity contribution in [3.8, 4) is 0 Å². The van der Waals surface area contributed by atoms with Crippen molar-refractivity contribution in [2.75, 3.05) is 33.0 Å². The molecule has 0 radical (unpaired) electrons. The molecular weight excluding hydrogens is 200 g/mol. The van der Waals surface area contributed by atoms with Crippen molar-refractivity contribution in [2.24, 2.45) is 4.99 Å². The van der Waals surface area contributed by atoms with Crippen molar-refractivity contribution < 1.29 is 0 Å². The molecule has 1 aromatic heterocycles. The molecule has 0 bridgehead atoms. The topological polar surface area (TPSA) is 40.5 Å². The fourth-order valence-corrected chi connectivity index (χ4v) is 1.28. The summed E-state index contributed by atoms with van der Waals surface area (Å²) in [6.45, 7) is 0.715. The van der Waals surface area contributed by atoms with Crippen LogP contribution in [0.5, 0.6) is 0 Å². The molecule has 0 saturated heterocycles. The van der Waals surface area contributed by atoms with E-state index in [2.05, 4.69) is 15.3 Å². The highest BCUT2D eigenvalue weighted by Crippen LogP contribution is 2.01. The van der Waals surface area contributed by atoms with Crippen LogP contribution >= 0.6 is 0 Å². The van der Waals surface area contributed by atoms with Gasteiger partial charge in [-0.2, -0.15) is 0 Å². The summed E-state index contributed by atoms with van der Waals surface area (Å²) in [4.78, 5) is 10.2. The minimum Gasteiger partial charge on any atom is -0.383 e. The third-order valence-corrected chi connectivity index (χ3v) is 1.86. The van der Waals surface area contributed by atoms with Gasteiger partial charge in [0.1, 0.15) is 5.82 Å². The van der Waals surface area contributed by atoms with Crippen LogP contribution in [-0.4, -0.2) is 43.8 Å². The molecule has 1 rings (SSSR count). The van der Waals surface area contributed by atoms with Crippen LogP contribution in [0.15, 0.2) is 41.2 Å². The summed E-state index contributed by atoms with van der Waals surface area (Å²) >= 11 is 0. The molecule has 86 valence electrons. The van der Waals surface area contributed by atoms with Crippen LogP contribution in [-0.2, 0) is 0 Å². The van der Waals surface area contributed by atoms with Crippen LogP contribution in [0.1, 0.15) is 0 Å². The molecule has 0 fully saturated rings. The summed E-state index contributed by atoms with van der Waals surface area (Å²) in [7, 11) is 5.75. The summed E-state index contributed by atoms with van der Waals surface area (Å²) in [5, 5.41) is 3.24. The highest BCUT2D eigenvalue weighted by Gasteiger charge is 1.95. The molecule has 0 spiro atoms. The lowest BCUT2D eigenvalue weighted by Crippen LogP contribution is -2.11. The molecule has 0 aromatic carbocycles. The lowest BCUT2D eigenvalue weighted by Gasteiger charge is -2.10. The minimum absolute atomic E-state index is 0.715. The van der Waals surface area contributed by atoms with Crippen LogP contribution in [0.2, 0.25) is 0 Å². The average molecular weight is 218 g/mol. The highest BCUT2D eigenvalue weighted by atomic mass is 15.0. The van der Waals surface area contributed by atoms with E-state index in [4.69, 9.17) is 0 Å². The van der Waals surface area contributed by atoms with E-state index in [9.17, 15) is 0 Å². The largest absolute Gasteiger partial charge is 0.383 e. The molecule has 0 aliphatic carbocycles. The zero-order valence-electron chi connectivity index (χ0n) is 10.0. The SMILES string of the molecule is CN=C/C(=C\N(C)C)CNc1ccccn1. The maximum absolute atomic E-state index is 4.19. The Morgan fingerprint density at radius 3 is 2.88 bits per heavy atom. The lowest BCUT2D eigenvalue weighted by atomic mass is 10.3. The van der Waals surface area contributed by atoms with Gasteiger partial charge in [0.05, 0.1) is 0 Å². The zero-order chi connectivity index (χ0) is 11.8. The molecule has 0 amide bonds. The summed E-state index contributed by atoms with van der Waals surface area (Å²) in [6.07, 6.45) is 5.64. The number of aliphatic imine (C=N–C) groups is 1. The smallest absolute Gasteiger partial charge is 0.126 e. The maximum Gasteiger partial charge on any atom is 0.126 e. The average Bonchev–Trinajstić information content (AvgIpc) is 2.27. The minimum atomic E-state index is 0.715. The third kappa shape index (κ3) is 4.59. The Labute approximate surface area is 96.7 Å². The van der Waals surface area contributed by atoms with Gasteiger partial charge in [-0.1, -0.05) is 6.07 Å². The van der Waals surface area contributed by atoms with E-state index < -0.39 is 0 Å². The van der Waals surface area contributed by atoms with E-state index in [1.807, 2.05) is 49.6 Å². The Morgan fingerprint density at radius 1 is 1.50 bits per heavy atom. The number of rotatable bonds is 5. The number of anilines is 1. The molecule has 1 heterocycles. The van der Waals surface area contributed by atoms with E-state index >= 15 is 0 Å². The van der Waals surface area contributed by atoms with Crippen molar-refractivity contribution in [1.29, 1.82) is 0 Å². The second kappa shape index (κ2) is 6.61. The van der Waals surface area contributed by atoms with E-state index in [-0.39, 0.29) is 0 Å². The van der Waals surface area contributed by atoms with Crippen LogP contribution in [0, 0.1) is 0 Å². The molecule has 0 atom stereocenters. The quantitative estimate of drug-likeness (QED) is 0.764. The van der Waals surface area contributed by atoms with Gasteiger partial charge in [0, 0.05) is 51.9 Å². The number of hydrogen-bond acceptors (Lipinski definition) is 4. The van der Waals surface area contributed by atoms with Crippen molar-refractivity contribution in [3.05, 3.63) is 36.2 Å². The standard InChI is InChI=1S/C12H18N4/c1-13-8-11(10-16(2)3)9-15-12-6-4-5-7-14-12/h4-8,10H,9H2,1-3H3,(H,14,15)/b11-10+,13-8?. The first kappa shape index (κ1) is 12.2. The summed E-state index contributed by atoms with van der Waals surface area (Å²) in [6, 6.07) is 5.80. The predicted octanol–water partition coefficient (Wildman–Crippen LogP) is 1.64. The van der Waals surface area contributed by atoms with Gasteiger partial charge in [-0.3, -0.25) is 4.99 Å². The van der Waals surface area contributed by atoms with Crippen LogP contribution in [0.4, 0.5) is 5.82 Å². The van der Waals surface area contributed by atoms with Crippen LogP contribution < -0.4 is 5.32 Å². The van der Waals surface area contributed by atoms with Crippen molar-refractivity contribution in [2.45, 2.75) is 0 Å². The fourth-order valence-electron chi connectivity index (χ4n) is 1.28. The first-order valence-corrected chi connectivity index (χ1v) is 5.16. The monoisotopic (exact) mass is 218 g/mol.